The van der Waals surface area contributed by atoms with Crippen molar-refractivity contribution in [1.29, 1.82) is 0 Å². The number of sulfonamides is 1. The smallest absolute Gasteiger partial charge is 0.239 e. The summed E-state index contributed by atoms with van der Waals surface area (Å²) in [7, 11) is -1.92. The van der Waals surface area contributed by atoms with Crippen LogP contribution in [0.5, 0.6) is 0 Å². The molecule has 0 spiro atoms. The normalized spacial score (nSPS) is 12.3. The third-order valence-electron chi connectivity index (χ3n) is 3.49. The lowest BCUT2D eigenvalue weighted by Crippen LogP contribution is -2.27. The minimum atomic E-state index is -3.37. The maximum absolute atomic E-state index is 11.6. The van der Waals surface area contributed by atoms with E-state index in [0.29, 0.717) is 0 Å². The molecular weight excluding hydrogens is 314 g/mol. The van der Waals surface area contributed by atoms with Gasteiger partial charge in [-0.05, 0) is 25.2 Å². The van der Waals surface area contributed by atoms with Crippen LogP contribution in [0.1, 0.15) is 56.7 Å². The van der Waals surface area contributed by atoms with Crippen molar-refractivity contribution < 1.29 is 13.5 Å². The average molecular weight is 341 g/mol. The van der Waals surface area contributed by atoms with Crippen molar-refractivity contribution in [3.8, 4) is 0 Å². The first kappa shape index (κ1) is 19.6. The van der Waals surface area contributed by atoms with Crippen molar-refractivity contribution in [2.45, 2.75) is 45.4 Å². The summed E-state index contributed by atoms with van der Waals surface area (Å²) in [6.07, 6.45) is 10.7. The van der Waals surface area contributed by atoms with Crippen LogP contribution in [0.2, 0.25) is 0 Å². The number of unbranched alkanes of at least 4 members (excludes halogenated alkanes) is 3. The molecule has 1 rings (SSSR count). The lowest BCUT2D eigenvalue weighted by molar-refractivity contribution is 0.283. The minimum Gasteiger partial charge on any atom is -0.396 e. The van der Waals surface area contributed by atoms with Gasteiger partial charge in [-0.3, -0.25) is 0 Å². The molecule has 0 radical (unpaired) electrons. The van der Waals surface area contributed by atoms with Crippen molar-refractivity contribution in [3.05, 3.63) is 23.5 Å². The highest BCUT2D eigenvalue weighted by atomic mass is 32.2. The van der Waals surface area contributed by atoms with E-state index in [1.54, 1.807) is 6.20 Å². The summed E-state index contributed by atoms with van der Waals surface area (Å²) >= 11 is 0. The lowest BCUT2D eigenvalue weighted by Gasteiger charge is -2.17. The zero-order valence-corrected chi connectivity index (χ0v) is 15.2. The number of allylic oxidation sites excluding steroid dienone is 1. The zero-order chi connectivity index (χ0) is 17.5. The molecule has 0 aliphatic heterocycles. The molecule has 0 atom stereocenters. The Hall–Kier alpha value is -1.47. The molecule has 1 aromatic rings. The van der Waals surface area contributed by atoms with Gasteiger partial charge in [0.25, 0.3) is 0 Å². The van der Waals surface area contributed by atoms with Gasteiger partial charge in [-0.2, -0.15) is 0 Å². The van der Waals surface area contributed by atoms with Crippen molar-refractivity contribution in [1.82, 2.24) is 9.97 Å². The van der Waals surface area contributed by atoms with E-state index in [0.717, 1.165) is 47.5 Å². The monoisotopic (exact) mass is 341 g/mol. The maximum atomic E-state index is 11.6. The van der Waals surface area contributed by atoms with Gasteiger partial charge in [0.1, 0.15) is 0 Å². The van der Waals surface area contributed by atoms with Crippen molar-refractivity contribution in [2.24, 2.45) is 0 Å². The SMILES string of the molecule is CC(C)c1nc(N(C)S(C)(=O)=O)ncc1/C=C/CCCCCO. The number of aliphatic hydroxyl groups excluding tert-OH is 1. The fourth-order valence-electron chi connectivity index (χ4n) is 2.05. The summed E-state index contributed by atoms with van der Waals surface area (Å²) in [6, 6.07) is 0. The molecule has 7 heteroatoms. The number of anilines is 1. The van der Waals surface area contributed by atoms with Gasteiger partial charge in [0.2, 0.25) is 16.0 Å². The first-order chi connectivity index (χ1) is 10.8. The molecule has 1 N–H and O–H groups in total. The first-order valence-electron chi connectivity index (χ1n) is 7.85. The minimum absolute atomic E-state index is 0.166. The van der Waals surface area contributed by atoms with E-state index in [1.807, 2.05) is 19.9 Å². The van der Waals surface area contributed by atoms with Gasteiger partial charge in [-0.1, -0.05) is 32.4 Å². The molecule has 23 heavy (non-hydrogen) atoms. The average Bonchev–Trinajstić information content (AvgIpc) is 2.49. The fourth-order valence-corrected chi connectivity index (χ4v) is 2.43. The standard InChI is InChI=1S/C16H27N3O3S/c1-13(2)15-14(10-8-6-5-7-9-11-20)12-17-16(18-15)19(3)23(4,21)22/h8,10,12-13,20H,5-7,9,11H2,1-4H3/b10-8+. The van der Waals surface area contributed by atoms with Crippen molar-refractivity contribution in [3.63, 3.8) is 0 Å². The van der Waals surface area contributed by atoms with Gasteiger partial charge in [0.05, 0.1) is 11.9 Å². The fraction of sp³-hybridized carbons (Fsp3) is 0.625. The van der Waals surface area contributed by atoms with Crippen LogP contribution >= 0.6 is 0 Å². The van der Waals surface area contributed by atoms with Gasteiger partial charge >= 0.3 is 0 Å². The van der Waals surface area contributed by atoms with Crippen LogP contribution in [0.15, 0.2) is 12.3 Å². The molecule has 0 fully saturated rings. The van der Waals surface area contributed by atoms with Crippen LogP contribution in [0, 0.1) is 0 Å². The summed E-state index contributed by atoms with van der Waals surface area (Å²) in [5, 5.41) is 8.74. The molecule has 0 amide bonds. The van der Waals surface area contributed by atoms with Crippen LogP contribution in [-0.4, -0.2) is 43.4 Å². The quantitative estimate of drug-likeness (QED) is 0.698. The van der Waals surface area contributed by atoms with E-state index in [2.05, 4.69) is 16.0 Å². The van der Waals surface area contributed by atoms with Crippen LogP contribution in [0.4, 0.5) is 5.95 Å². The van der Waals surface area contributed by atoms with Gasteiger partial charge in [-0.25, -0.2) is 22.7 Å². The first-order valence-corrected chi connectivity index (χ1v) is 9.70. The Kier molecular flexibility index (Phi) is 7.64. The predicted octanol–water partition coefficient (Wildman–Crippen LogP) is 2.56. The second kappa shape index (κ2) is 8.98. The Labute approximate surface area is 139 Å². The Morgan fingerprint density at radius 3 is 2.57 bits per heavy atom. The number of aromatic nitrogens is 2. The predicted molar refractivity (Wildman–Crippen MR) is 94.0 cm³/mol. The summed E-state index contributed by atoms with van der Waals surface area (Å²) in [4.78, 5) is 8.59. The Bertz CT molecular complexity index is 627. The third-order valence-corrected chi connectivity index (χ3v) is 4.65. The number of hydrogen-bond donors (Lipinski definition) is 1. The van der Waals surface area contributed by atoms with Crippen molar-refractivity contribution >= 4 is 22.0 Å². The highest BCUT2D eigenvalue weighted by molar-refractivity contribution is 7.92. The van der Waals surface area contributed by atoms with E-state index < -0.39 is 10.0 Å². The molecule has 0 saturated carbocycles. The van der Waals surface area contributed by atoms with E-state index in [4.69, 9.17) is 5.11 Å². The molecule has 0 saturated heterocycles. The van der Waals surface area contributed by atoms with Gasteiger partial charge in [-0.15, -0.1) is 0 Å². The van der Waals surface area contributed by atoms with Crippen molar-refractivity contribution in [2.75, 3.05) is 24.2 Å². The topological polar surface area (TPSA) is 83.4 Å². The molecule has 0 aromatic carbocycles. The number of hydrogen-bond acceptors (Lipinski definition) is 5. The van der Waals surface area contributed by atoms with E-state index >= 15 is 0 Å². The molecule has 0 aliphatic carbocycles. The summed E-state index contributed by atoms with van der Waals surface area (Å²) < 4.78 is 24.3. The molecule has 6 nitrogen and oxygen atoms in total. The van der Waals surface area contributed by atoms with E-state index in [-0.39, 0.29) is 18.5 Å². The van der Waals surface area contributed by atoms with Crippen LogP contribution < -0.4 is 4.31 Å². The molecule has 1 aromatic heterocycles. The molecule has 0 unspecified atom stereocenters. The molecular formula is C16H27N3O3S. The largest absolute Gasteiger partial charge is 0.396 e. The number of rotatable bonds is 9. The lowest BCUT2D eigenvalue weighted by atomic mass is 10.0. The molecule has 1 heterocycles. The highest BCUT2D eigenvalue weighted by Gasteiger charge is 2.17. The maximum Gasteiger partial charge on any atom is 0.239 e. The molecule has 0 bridgehead atoms. The Morgan fingerprint density at radius 2 is 2.00 bits per heavy atom. The van der Waals surface area contributed by atoms with E-state index in [1.165, 1.54) is 7.05 Å². The molecule has 0 aliphatic rings. The van der Waals surface area contributed by atoms with E-state index in [9.17, 15) is 8.42 Å². The van der Waals surface area contributed by atoms with Gasteiger partial charge < -0.3 is 5.11 Å². The molecule has 130 valence electrons. The Morgan fingerprint density at radius 1 is 1.30 bits per heavy atom. The second-order valence-corrected chi connectivity index (χ2v) is 7.88. The highest BCUT2D eigenvalue weighted by Crippen LogP contribution is 2.21. The summed E-state index contributed by atoms with van der Waals surface area (Å²) in [6.45, 7) is 4.28. The Balaban J connectivity index is 2.91. The van der Waals surface area contributed by atoms with Crippen LogP contribution in [0.25, 0.3) is 6.08 Å². The second-order valence-electron chi connectivity index (χ2n) is 5.87. The third kappa shape index (κ3) is 6.27. The zero-order valence-electron chi connectivity index (χ0n) is 14.4. The summed E-state index contributed by atoms with van der Waals surface area (Å²) in [5.74, 6) is 0.357. The summed E-state index contributed by atoms with van der Waals surface area (Å²) in [5.41, 5.74) is 1.74. The van der Waals surface area contributed by atoms with Gasteiger partial charge in [0, 0.05) is 25.4 Å². The van der Waals surface area contributed by atoms with Gasteiger partial charge in [0.15, 0.2) is 0 Å². The van der Waals surface area contributed by atoms with Crippen LogP contribution in [-0.2, 0) is 10.0 Å². The number of nitrogens with zero attached hydrogens (tertiary/aromatic N) is 3. The number of aliphatic hydroxyl groups is 1. The van der Waals surface area contributed by atoms with Crippen LogP contribution in [0.3, 0.4) is 0 Å².